The number of fused-ring (bicyclic) bond motifs is 3. The van der Waals surface area contributed by atoms with Gasteiger partial charge in [-0.15, -0.1) is 0 Å². The Kier molecular flexibility index (Phi) is 7.30. The van der Waals surface area contributed by atoms with E-state index in [4.69, 9.17) is 17.3 Å². The lowest BCUT2D eigenvalue weighted by Gasteiger charge is -2.27. The van der Waals surface area contributed by atoms with Crippen molar-refractivity contribution in [1.29, 1.82) is 0 Å². The van der Waals surface area contributed by atoms with Gasteiger partial charge in [0.1, 0.15) is 10.9 Å². The van der Waals surface area contributed by atoms with Crippen LogP contribution in [0.1, 0.15) is 61.6 Å². The second-order valence-electron chi connectivity index (χ2n) is 9.61. The molecule has 7 heteroatoms. The quantitative estimate of drug-likeness (QED) is 0.312. The number of aliphatic carboxylic acids is 1. The van der Waals surface area contributed by atoms with Gasteiger partial charge in [-0.25, -0.2) is 0 Å². The molecule has 1 aliphatic carbocycles. The Morgan fingerprint density at radius 1 is 1.19 bits per heavy atom. The van der Waals surface area contributed by atoms with Crippen LogP contribution in [-0.4, -0.2) is 38.8 Å². The van der Waals surface area contributed by atoms with Crippen LogP contribution in [0.2, 0.25) is 0 Å². The molecule has 1 amide bonds. The fourth-order valence-corrected chi connectivity index (χ4v) is 6.76. The number of allylic oxidation sites excluding steroid dienone is 2. The molecule has 2 aromatic carbocycles. The number of benzene rings is 2. The van der Waals surface area contributed by atoms with Crippen molar-refractivity contribution in [2.24, 2.45) is 0 Å². The summed E-state index contributed by atoms with van der Waals surface area (Å²) in [6, 6.07) is 16.3. The zero-order valence-corrected chi connectivity index (χ0v) is 22.0. The molecule has 1 saturated carbocycles. The Morgan fingerprint density at radius 2 is 2.00 bits per heavy atom. The summed E-state index contributed by atoms with van der Waals surface area (Å²) in [6.45, 7) is 1.82. The molecule has 0 spiro atoms. The Balaban J connectivity index is 1.35. The van der Waals surface area contributed by atoms with E-state index >= 15 is 0 Å². The van der Waals surface area contributed by atoms with Crippen LogP contribution in [0, 0.1) is 0 Å². The lowest BCUT2D eigenvalue weighted by Crippen LogP contribution is -2.33. The largest absolute Gasteiger partial charge is 0.480 e. The topological polar surface area (TPSA) is 60.9 Å². The molecule has 1 N–H and O–H groups in total. The summed E-state index contributed by atoms with van der Waals surface area (Å²) in [5.74, 6) is -0.885. The number of hydrogen-bond donors (Lipinski definition) is 1. The minimum atomic E-state index is -1.08. The van der Waals surface area contributed by atoms with Crippen LogP contribution in [0.5, 0.6) is 0 Å². The van der Waals surface area contributed by atoms with E-state index in [1.54, 1.807) is 6.08 Å². The van der Waals surface area contributed by atoms with E-state index in [2.05, 4.69) is 54.3 Å². The fourth-order valence-electron chi connectivity index (χ4n) is 5.55. The molecule has 1 saturated heterocycles. The molecule has 2 heterocycles. The van der Waals surface area contributed by atoms with Crippen LogP contribution in [0.3, 0.4) is 0 Å². The van der Waals surface area contributed by atoms with Gasteiger partial charge < -0.3 is 10.0 Å². The first kappa shape index (κ1) is 24.8. The van der Waals surface area contributed by atoms with Crippen LogP contribution in [0.15, 0.2) is 59.5 Å². The van der Waals surface area contributed by atoms with Crippen molar-refractivity contribution in [2.45, 2.75) is 57.4 Å². The number of hydrogen-bond acceptors (Lipinski definition) is 5. The smallest absolute Gasteiger partial charge is 0.323 e. The van der Waals surface area contributed by atoms with Crippen molar-refractivity contribution in [3.05, 3.63) is 76.2 Å². The summed E-state index contributed by atoms with van der Waals surface area (Å²) < 4.78 is 0.283. The summed E-state index contributed by atoms with van der Waals surface area (Å²) in [6.07, 6.45) is 12.8. The van der Waals surface area contributed by atoms with Gasteiger partial charge in [0, 0.05) is 23.3 Å². The predicted molar refractivity (Wildman–Crippen MR) is 151 cm³/mol. The monoisotopic (exact) mass is 518 g/mol. The molecular formula is C29H30N2O3S2. The number of amides is 1. The molecule has 2 aliphatic heterocycles. The Bertz CT molecular complexity index is 1250. The maximum absolute atomic E-state index is 12.5. The van der Waals surface area contributed by atoms with E-state index in [9.17, 15) is 9.59 Å². The average Bonchev–Trinajstić information content (AvgIpc) is 3.53. The highest BCUT2D eigenvalue weighted by molar-refractivity contribution is 8.26. The highest BCUT2D eigenvalue weighted by Crippen LogP contribution is 2.52. The van der Waals surface area contributed by atoms with Crippen LogP contribution in [0.4, 0.5) is 11.4 Å². The number of unbranched alkanes of at least 4 members (excludes halogenated alkanes) is 1. The third kappa shape index (κ3) is 4.87. The van der Waals surface area contributed by atoms with Gasteiger partial charge in [-0.1, -0.05) is 74.1 Å². The molecule has 3 aliphatic rings. The number of carboxylic acids is 1. The molecular weight excluding hydrogens is 488 g/mol. The molecule has 2 aromatic rings. The summed E-state index contributed by atoms with van der Waals surface area (Å²) in [7, 11) is 0. The molecule has 2 atom stereocenters. The number of nitrogens with zero attached hydrogens (tertiary/aromatic N) is 2. The van der Waals surface area contributed by atoms with Crippen LogP contribution in [-0.2, 0) is 16.0 Å². The molecule has 5 nitrogen and oxygen atoms in total. The van der Waals surface area contributed by atoms with Crippen molar-refractivity contribution in [1.82, 2.24) is 4.90 Å². The lowest BCUT2D eigenvalue weighted by atomic mass is 9.96. The molecule has 0 radical (unpaired) electrons. The van der Waals surface area contributed by atoms with Crippen molar-refractivity contribution >= 4 is 57.6 Å². The number of carbonyl (C=O) groups is 2. The second-order valence-corrected chi connectivity index (χ2v) is 11.3. The van der Waals surface area contributed by atoms with E-state index < -0.39 is 12.5 Å². The summed E-state index contributed by atoms with van der Waals surface area (Å²) >= 11 is 6.31. The summed E-state index contributed by atoms with van der Waals surface area (Å²) in [4.78, 5) is 27.6. The predicted octanol–water partition coefficient (Wildman–Crippen LogP) is 6.66. The normalized spacial score (nSPS) is 22.2. The number of thiocarbonyl (C=S) groups is 1. The van der Waals surface area contributed by atoms with E-state index in [1.165, 1.54) is 54.6 Å². The summed E-state index contributed by atoms with van der Waals surface area (Å²) in [5.41, 5.74) is 6.48. The molecule has 186 valence electrons. The van der Waals surface area contributed by atoms with Gasteiger partial charge >= 0.3 is 5.97 Å². The minimum Gasteiger partial charge on any atom is -0.480 e. The standard InChI is InChI=1S/C29H30N2O3S2/c1-2-3-6-19-11-14-21(15-12-19)31-24-9-5-8-22(24)23-17-20(13-16-25(23)31)7-4-10-26-28(34)30(18-27(32)33)29(35)36-26/h4,7,10-17,22,24H,2-3,5-6,8-9,18H2,1H3,(H,32,33). The zero-order valence-electron chi connectivity index (χ0n) is 20.4. The number of anilines is 2. The van der Waals surface area contributed by atoms with Crippen LogP contribution < -0.4 is 4.90 Å². The van der Waals surface area contributed by atoms with E-state index in [0.717, 1.165) is 28.6 Å². The first-order valence-corrected chi connectivity index (χ1v) is 13.8. The van der Waals surface area contributed by atoms with Gasteiger partial charge in [0.2, 0.25) is 0 Å². The molecule has 5 rings (SSSR count). The zero-order chi connectivity index (χ0) is 25.2. The molecule has 0 bridgehead atoms. The fraction of sp³-hybridized carbons (Fsp3) is 0.345. The average molecular weight is 519 g/mol. The molecule has 2 unspecified atom stereocenters. The maximum Gasteiger partial charge on any atom is 0.323 e. The van der Waals surface area contributed by atoms with Crippen molar-refractivity contribution in [3.63, 3.8) is 0 Å². The third-order valence-electron chi connectivity index (χ3n) is 7.26. The Labute approximate surface area is 221 Å². The summed E-state index contributed by atoms with van der Waals surface area (Å²) in [5, 5.41) is 9.00. The van der Waals surface area contributed by atoms with E-state index in [1.807, 2.05) is 12.2 Å². The van der Waals surface area contributed by atoms with Crippen molar-refractivity contribution in [2.75, 3.05) is 11.4 Å². The van der Waals surface area contributed by atoms with Crippen LogP contribution >= 0.6 is 24.0 Å². The first-order valence-electron chi connectivity index (χ1n) is 12.6. The third-order valence-corrected chi connectivity index (χ3v) is 8.65. The van der Waals surface area contributed by atoms with Crippen molar-refractivity contribution < 1.29 is 14.7 Å². The SMILES string of the molecule is CCCCc1ccc(N2c3ccc(C=CC=C4SC(=S)N(CC(=O)O)C4=O)cc3C3CCCC32)cc1. The Morgan fingerprint density at radius 3 is 2.75 bits per heavy atom. The van der Waals surface area contributed by atoms with Crippen LogP contribution in [0.25, 0.3) is 6.08 Å². The minimum absolute atomic E-state index is 0.283. The number of carbonyl (C=O) groups excluding carboxylic acids is 1. The highest BCUT2D eigenvalue weighted by Gasteiger charge is 2.42. The van der Waals surface area contributed by atoms with Crippen molar-refractivity contribution in [3.8, 4) is 0 Å². The Hall–Kier alpha value is -2.90. The van der Waals surface area contributed by atoms with Gasteiger partial charge in [0.15, 0.2) is 0 Å². The first-order chi connectivity index (χ1) is 17.5. The maximum atomic E-state index is 12.5. The van der Waals surface area contributed by atoms with Gasteiger partial charge in [0.05, 0.1) is 4.91 Å². The van der Waals surface area contributed by atoms with Gasteiger partial charge in [-0.3, -0.25) is 14.5 Å². The van der Waals surface area contributed by atoms with E-state index in [0.29, 0.717) is 16.9 Å². The number of thioether (sulfide) groups is 1. The number of rotatable bonds is 8. The van der Waals surface area contributed by atoms with Gasteiger partial charge in [-0.05, 0) is 72.7 Å². The van der Waals surface area contributed by atoms with Gasteiger partial charge in [-0.2, -0.15) is 0 Å². The highest BCUT2D eigenvalue weighted by atomic mass is 32.2. The van der Waals surface area contributed by atoms with E-state index in [-0.39, 0.29) is 10.2 Å². The lowest BCUT2D eigenvalue weighted by molar-refractivity contribution is -0.140. The van der Waals surface area contributed by atoms with Gasteiger partial charge in [0.25, 0.3) is 5.91 Å². The second kappa shape index (κ2) is 10.6. The molecule has 0 aromatic heterocycles. The number of carboxylic acid groups (broad SMARTS) is 1. The number of aryl methyl sites for hydroxylation is 1. The molecule has 36 heavy (non-hydrogen) atoms. The molecule has 2 fully saturated rings.